The van der Waals surface area contributed by atoms with Gasteiger partial charge in [0.25, 0.3) is 0 Å². The van der Waals surface area contributed by atoms with Crippen LogP contribution in [0.3, 0.4) is 0 Å². The molecule has 1 heterocycles. The summed E-state index contributed by atoms with van der Waals surface area (Å²) in [5.74, 6) is 0.444. The molecule has 1 fully saturated rings. The lowest BCUT2D eigenvalue weighted by atomic mass is 9.58. The highest BCUT2D eigenvalue weighted by molar-refractivity contribution is 6.03. The molecule has 1 aliphatic rings. The summed E-state index contributed by atoms with van der Waals surface area (Å²) in [6.45, 7) is 2.27. The number of rotatable bonds is 6. The van der Waals surface area contributed by atoms with Crippen LogP contribution in [-0.4, -0.2) is 11.7 Å². The minimum Gasteiger partial charge on any atom is -0.455 e. The lowest BCUT2D eigenvalue weighted by Gasteiger charge is -2.45. The van der Waals surface area contributed by atoms with Crippen LogP contribution < -0.4 is 0 Å². The maximum atomic E-state index is 12.4. The number of nitrogens with zero attached hydrogens (tertiary/aromatic N) is 1. The molecular formula is C28H25NO3. The third-order valence-corrected chi connectivity index (χ3v) is 6.37. The molecule has 4 nitrogen and oxygen atoms in total. The molecule has 1 aliphatic carbocycles. The Labute approximate surface area is 187 Å². The molecule has 0 unspecified atom stereocenters. The zero-order valence-electron chi connectivity index (χ0n) is 18.0. The molecule has 0 aliphatic heterocycles. The first kappa shape index (κ1) is 20.3. The maximum absolute atomic E-state index is 12.4. The smallest absolute Gasteiger partial charge is 0.339 e. The number of oxime groups is 1. The van der Waals surface area contributed by atoms with Gasteiger partial charge in [0.2, 0.25) is 0 Å². The summed E-state index contributed by atoms with van der Waals surface area (Å²) in [7, 11) is 0. The Kier molecular flexibility index (Phi) is 5.36. The average molecular weight is 424 g/mol. The first-order valence-electron chi connectivity index (χ1n) is 11.0. The second-order valence-corrected chi connectivity index (χ2v) is 8.78. The van der Waals surface area contributed by atoms with Gasteiger partial charge in [0.05, 0.1) is 6.42 Å². The average Bonchev–Trinajstić information content (AvgIpc) is 3.23. The van der Waals surface area contributed by atoms with Gasteiger partial charge in [0.1, 0.15) is 11.3 Å². The van der Waals surface area contributed by atoms with E-state index in [0.717, 1.165) is 29.4 Å². The monoisotopic (exact) mass is 423 g/mol. The van der Waals surface area contributed by atoms with Crippen LogP contribution in [0.5, 0.6) is 0 Å². The van der Waals surface area contributed by atoms with E-state index in [4.69, 9.17) is 9.25 Å². The molecule has 0 N–H and O–H groups in total. The standard InChI is InChI=1S/C28H25NO3/c1-28(23-13-6-3-7-14-23)18-22(19-28)27(25-17-21-12-8-9-15-24(21)31-25)29-32-26(30)16-20-10-4-2-5-11-20/h2-15,17,22H,16,18-19H2,1H3/b29-27-. The number of benzene rings is 3. The molecule has 1 aromatic heterocycles. The van der Waals surface area contributed by atoms with Gasteiger partial charge in [-0.3, -0.25) is 0 Å². The van der Waals surface area contributed by atoms with Crippen molar-refractivity contribution in [1.82, 2.24) is 0 Å². The largest absolute Gasteiger partial charge is 0.455 e. The number of carbonyl (C=O) groups is 1. The van der Waals surface area contributed by atoms with Gasteiger partial charge in [-0.1, -0.05) is 90.9 Å². The van der Waals surface area contributed by atoms with E-state index in [1.54, 1.807) is 0 Å². The summed E-state index contributed by atoms with van der Waals surface area (Å²) in [4.78, 5) is 17.8. The molecule has 0 bridgehead atoms. The third-order valence-electron chi connectivity index (χ3n) is 6.37. The van der Waals surface area contributed by atoms with Crippen LogP contribution in [0.1, 0.15) is 36.7 Å². The Morgan fingerprint density at radius 1 is 0.969 bits per heavy atom. The molecule has 32 heavy (non-hydrogen) atoms. The molecule has 0 amide bonds. The molecule has 0 radical (unpaired) electrons. The van der Waals surface area contributed by atoms with E-state index in [1.807, 2.05) is 66.7 Å². The van der Waals surface area contributed by atoms with Crippen molar-refractivity contribution >= 4 is 22.7 Å². The summed E-state index contributed by atoms with van der Waals surface area (Å²) < 4.78 is 6.09. The molecule has 0 saturated heterocycles. The first-order chi connectivity index (χ1) is 15.6. The minimum absolute atomic E-state index is 0.0762. The van der Waals surface area contributed by atoms with Gasteiger partial charge < -0.3 is 9.25 Å². The molecule has 0 spiro atoms. The zero-order valence-corrected chi connectivity index (χ0v) is 18.0. The number of para-hydroxylation sites is 1. The zero-order chi connectivity index (χ0) is 22.0. The molecular weight excluding hydrogens is 398 g/mol. The Hall–Kier alpha value is -3.66. The van der Waals surface area contributed by atoms with Crippen LogP contribution in [0.25, 0.3) is 11.0 Å². The molecule has 3 aromatic carbocycles. The van der Waals surface area contributed by atoms with E-state index >= 15 is 0 Å². The van der Waals surface area contributed by atoms with Crippen molar-refractivity contribution in [3.05, 3.63) is 108 Å². The predicted molar refractivity (Wildman–Crippen MR) is 126 cm³/mol. The van der Waals surface area contributed by atoms with Crippen molar-refractivity contribution in [1.29, 1.82) is 0 Å². The summed E-state index contributed by atoms with van der Waals surface area (Å²) in [5.41, 5.74) is 3.80. The van der Waals surface area contributed by atoms with E-state index in [9.17, 15) is 4.79 Å². The fourth-order valence-electron chi connectivity index (χ4n) is 4.62. The second-order valence-electron chi connectivity index (χ2n) is 8.78. The Bertz CT molecular complexity index is 1220. The summed E-state index contributed by atoms with van der Waals surface area (Å²) >= 11 is 0. The van der Waals surface area contributed by atoms with Crippen LogP contribution in [0.15, 0.2) is 101 Å². The van der Waals surface area contributed by atoms with Gasteiger partial charge in [0, 0.05) is 11.3 Å². The molecule has 5 rings (SSSR count). The van der Waals surface area contributed by atoms with E-state index in [1.165, 1.54) is 5.56 Å². The number of hydrogen-bond acceptors (Lipinski definition) is 4. The highest BCUT2D eigenvalue weighted by Gasteiger charge is 2.45. The Balaban J connectivity index is 1.39. The van der Waals surface area contributed by atoms with Crippen molar-refractivity contribution in [3.8, 4) is 0 Å². The highest BCUT2D eigenvalue weighted by atomic mass is 16.7. The fraction of sp³-hybridized carbons (Fsp3) is 0.214. The Morgan fingerprint density at radius 3 is 2.34 bits per heavy atom. The van der Waals surface area contributed by atoms with Crippen molar-refractivity contribution in [2.24, 2.45) is 11.1 Å². The van der Waals surface area contributed by atoms with Gasteiger partial charge in [-0.25, -0.2) is 4.79 Å². The van der Waals surface area contributed by atoms with Crippen LogP contribution in [0.2, 0.25) is 0 Å². The molecule has 1 saturated carbocycles. The normalized spacial score (nSPS) is 20.7. The van der Waals surface area contributed by atoms with Crippen molar-refractivity contribution in [2.75, 3.05) is 0 Å². The number of carbonyl (C=O) groups excluding carboxylic acids is 1. The SMILES string of the molecule is CC1(c2ccccc2)CC(/C(=N/OC(=O)Cc2ccccc2)c2cc3ccccc3o2)C1. The highest BCUT2D eigenvalue weighted by Crippen LogP contribution is 2.49. The van der Waals surface area contributed by atoms with Crippen molar-refractivity contribution in [3.63, 3.8) is 0 Å². The van der Waals surface area contributed by atoms with Gasteiger partial charge in [-0.15, -0.1) is 0 Å². The van der Waals surface area contributed by atoms with Crippen molar-refractivity contribution < 1.29 is 14.0 Å². The topological polar surface area (TPSA) is 51.8 Å². The van der Waals surface area contributed by atoms with Gasteiger partial charge in [-0.05, 0) is 41.5 Å². The van der Waals surface area contributed by atoms with Gasteiger partial charge in [0.15, 0.2) is 5.76 Å². The number of fused-ring (bicyclic) bond motifs is 1. The molecule has 0 atom stereocenters. The maximum Gasteiger partial charge on any atom is 0.339 e. The lowest BCUT2D eigenvalue weighted by molar-refractivity contribution is -0.142. The molecule has 4 heteroatoms. The van der Waals surface area contributed by atoms with E-state index in [2.05, 4.69) is 36.3 Å². The third kappa shape index (κ3) is 4.09. The predicted octanol–water partition coefficient (Wildman–Crippen LogP) is 6.29. The summed E-state index contributed by atoms with van der Waals surface area (Å²) in [6, 6.07) is 29.9. The van der Waals surface area contributed by atoms with Crippen LogP contribution >= 0.6 is 0 Å². The minimum atomic E-state index is -0.380. The molecule has 160 valence electrons. The van der Waals surface area contributed by atoms with Gasteiger partial charge >= 0.3 is 5.97 Å². The quantitative estimate of drug-likeness (QED) is 0.208. The number of hydrogen-bond donors (Lipinski definition) is 0. The van der Waals surface area contributed by atoms with Crippen LogP contribution in [0.4, 0.5) is 0 Å². The van der Waals surface area contributed by atoms with E-state index < -0.39 is 0 Å². The lowest BCUT2D eigenvalue weighted by Crippen LogP contribution is -2.42. The second kappa shape index (κ2) is 8.46. The fourth-order valence-corrected chi connectivity index (χ4v) is 4.62. The summed E-state index contributed by atoms with van der Waals surface area (Å²) in [5, 5.41) is 5.35. The van der Waals surface area contributed by atoms with Crippen molar-refractivity contribution in [2.45, 2.75) is 31.6 Å². The number of furan rings is 1. The molecule has 4 aromatic rings. The first-order valence-corrected chi connectivity index (χ1v) is 11.0. The summed E-state index contributed by atoms with van der Waals surface area (Å²) in [6.07, 6.45) is 2.02. The van der Waals surface area contributed by atoms with Crippen LogP contribution in [0, 0.1) is 5.92 Å². The van der Waals surface area contributed by atoms with E-state index in [-0.39, 0.29) is 23.7 Å². The van der Waals surface area contributed by atoms with E-state index in [0.29, 0.717) is 11.5 Å². The van der Waals surface area contributed by atoms with Crippen LogP contribution in [-0.2, 0) is 21.5 Å². The Morgan fingerprint density at radius 2 is 1.62 bits per heavy atom. The van der Waals surface area contributed by atoms with Gasteiger partial charge in [-0.2, -0.15) is 0 Å².